The van der Waals surface area contributed by atoms with E-state index in [1.54, 1.807) is 0 Å². The third kappa shape index (κ3) is 4.49. The molecule has 0 heterocycles. The van der Waals surface area contributed by atoms with Crippen molar-refractivity contribution in [2.24, 2.45) is 0 Å². The van der Waals surface area contributed by atoms with E-state index in [4.69, 9.17) is 14.2 Å². The van der Waals surface area contributed by atoms with Gasteiger partial charge in [0.25, 0.3) is 0 Å². The first-order valence-corrected chi connectivity index (χ1v) is 7.86. The van der Waals surface area contributed by atoms with Crippen LogP contribution < -0.4 is 0 Å². The summed E-state index contributed by atoms with van der Waals surface area (Å²) in [5.41, 5.74) is 0.901. The van der Waals surface area contributed by atoms with Crippen LogP contribution in [0.5, 0.6) is 0 Å². The van der Waals surface area contributed by atoms with Gasteiger partial charge in [-0.25, -0.2) is 0 Å². The van der Waals surface area contributed by atoms with Crippen molar-refractivity contribution < 1.29 is 14.2 Å². The summed E-state index contributed by atoms with van der Waals surface area (Å²) in [5.74, 6) is -0.0134. The molecule has 0 N–H and O–H groups in total. The Kier molecular flexibility index (Phi) is 7.46. The molecule has 0 aliphatic heterocycles. The maximum atomic E-state index is 5.75. The Morgan fingerprint density at radius 2 is 1.32 bits per heavy atom. The summed E-state index contributed by atoms with van der Waals surface area (Å²) in [4.78, 5) is 1.24. The second-order valence-corrected chi connectivity index (χ2v) is 5.15. The minimum atomic E-state index is -1.08. The molecule has 0 aliphatic rings. The summed E-state index contributed by atoms with van der Waals surface area (Å²) < 4.78 is 17.2. The zero-order valence-electron chi connectivity index (χ0n) is 12.3. The van der Waals surface area contributed by atoms with E-state index in [9.17, 15) is 0 Å². The Morgan fingerprint density at radius 1 is 0.842 bits per heavy atom. The van der Waals surface area contributed by atoms with E-state index in [0.717, 1.165) is 11.3 Å². The van der Waals surface area contributed by atoms with Crippen LogP contribution in [-0.4, -0.2) is 25.6 Å². The molecule has 1 aromatic carbocycles. The van der Waals surface area contributed by atoms with Crippen LogP contribution in [-0.2, 0) is 20.2 Å². The number of hydrogen-bond donors (Lipinski definition) is 0. The zero-order chi connectivity index (χ0) is 14.1. The molecule has 0 radical (unpaired) electrons. The van der Waals surface area contributed by atoms with Crippen LogP contribution in [0, 0.1) is 0 Å². The van der Waals surface area contributed by atoms with Gasteiger partial charge in [-0.1, -0.05) is 6.92 Å². The molecule has 0 saturated heterocycles. The highest BCUT2D eigenvalue weighted by atomic mass is 32.2. The van der Waals surface area contributed by atoms with Gasteiger partial charge in [-0.2, -0.15) is 0 Å². The quantitative estimate of drug-likeness (QED) is 0.506. The summed E-state index contributed by atoms with van der Waals surface area (Å²) in [5, 5.41) is 0. The summed E-state index contributed by atoms with van der Waals surface area (Å²) in [7, 11) is 0. The van der Waals surface area contributed by atoms with Crippen molar-refractivity contribution in [2.45, 2.75) is 38.6 Å². The number of thioether (sulfide) groups is 1. The smallest absolute Gasteiger partial charge is 0.311 e. The molecule has 0 atom stereocenters. The normalized spacial score (nSPS) is 11.8. The topological polar surface area (TPSA) is 27.7 Å². The van der Waals surface area contributed by atoms with Crippen molar-refractivity contribution in [3.8, 4) is 0 Å². The summed E-state index contributed by atoms with van der Waals surface area (Å²) in [6.07, 6.45) is 0. The average Bonchev–Trinajstić information content (AvgIpc) is 2.41. The van der Waals surface area contributed by atoms with Gasteiger partial charge >= 0.3 is 5.97 Å². The monoisotopic (exact) mass is 284 g/mol. The predicted octanol–water partition coefficient (Wildman–Crippen LogP) is 4.02. The Hall–Kier alpha value is -0.550. The van der Waals surface area contributed by atoms with Crippen LogP contribution in [0.25, 0.3) is 0 Å². The molecule has 19 heavy (non-hydrogen) atoms. The minimum Gasteiger partial charge on any atom is -0.324 e. The molecule has 108 valence electrons. The van der Waals surface area contributed by atoms with Gasteiger partial charge in [-0.05, 0) is 50.8 Å². The van der Waals surface area contributed by atoms with E-state index < -0.39 is 5.97 Å². The number of benzene rings is 1. The fraction of sp³-hybridized carbons (Fsp3) is 0.600. The lowest BCUT2D eigenvalue weighted by Crippen LogP contribution is -2.36. The molecule has 0 aliphatic carbocycles. The fourth-order valence-corrected chi connectivity index (χ4v) is 2.53. The molecule has 0 spiro atoms. The van der Waals surface area contributed by atoms with Gasteiger partial charge in [0.2, 0.25) is 0 Å². The fourth-order valence-electron chi connectivity index (χ4n) is 1.87. The minimum absolute atomic E-state index is 0.533. The third-order valence-electron chi connectivity index (χ3n) is 2.52. The van der Waals surface area contributed by atoms with Crippen LogP contribution in [0.3, 0.4) is 0 Å². The van der Waals surface area contributed by atoms with Crippen molar-refractivity contribution >= 4 is 11.8 Å². The van der Waals surface area contributed by atoms with Gasteiger partial charge in [-0.15, -0.1) is 11.8 Å². The first kappa shape index (κ1) is 16.5. The number of hydrogen-bond acceptors (Lipinski definition) is 4. The van der Waals surface area contributed by atoms with Crippen molar-refractivity contribution in [2.75, 3.05) is 25.6 Å². The summed E-state index contributed by atoms with van der Waals surface area (Å²) >= 11 is 1.81. The average molecular weight is 284 g/mol. The van der Waals surface area contributed by atoms with Gasteiger partial charge in [-0.3, -0.25) is 0 Å². The predicted molar refractivity (Wildman–Crippen MR) is 79.4 cm³/mol. The second-order valence-electron chi connectivity index (χ2n) is 3.81. The lowest BCUT2D eigenvalue weighted by molar-refractivity contribution is -0.389. The highest BCUT2D eigenvalue weighted by molar-refractivity contribution is 7.99. The SMILES string of the molecule is CCOC(OCC)(OCC)c1ccc(SCC)cc1. The Morgan fingerprint density at radius 3 is 1.68 bits per heavy atom. The van der Waals surface area contributed by atoms with Gasteiger partial charge in [0, 0.05) is 30.3 Å². The summed E-state index contributed by atoms with van der Waals surface area (Å²) in [6.45, 7) is 9.56. The largest absolute Gasteiger partial charge is 0.324 e. The van der Waals surface area contributed by atoms with Gasteiger partial charge < -0.3 is 14.2 Å². The molecule has 0 amide bonds. The maximum absolute atomic E-state index is 5.75. The van der Waals surface area contributed by atoms with E-state index in [-0.39, 0.29) is 0 Å². The van der Waals surface area contributed by atoms with Crippen molar-refractivity contribution in [3.63, 3.8) is 0 Å². The third-order valence-corrected chi connectivity index (χ3v) is 3.42. The molecule has 1 aromatic rings. The van der Waals surface area contributed by atoms with Crippen LogP contribution >= 0.6 is 11.8 Å². The van der Waals surface area contributed by atoms with Crippen molar-refractivity contribution in [1.29, 1.82) is 0 Å². The van der Waals surface area contributed by atoms with Crippen LogP contribution in [0.2, 0.25) is 0 Å². The first-order valence-electron chi connectivity index (χ1n) is 6.87. The van der Waals surface area contributed by atoms with Gasteiger partial charge in [0.15, 0.2) is 0 Å². The standard InChI is InChI=1S/C15H24O3S/c1-5-16-15(17-6-2,18-7-3)13-9-11-14(12-10-13)19-8-4/h9-12H,5-8H2,1-4H3. The molecule has 0 fully saturated rings. The highest BCUT2D eigenvalue weighted by Gasteiger charge is 2.35. The maximum Gasteiger partial charge on any atom is 0.311 e. The Bertz CT molecular complexity index is 334. The molecule has 0 unspecified atom stereocenters. The highest BCUT2D eigenvalue weighted by Crippen LogP contribution is 2.30. The lowest BCUT2D eigenvalue weighted by Gasteiger charge is -2.32. The Labute approximate surface area is 120 Å². The van der Waals surface area contributed by atoms with Crippen LogP contribution in [0.1, 0.15) is 33.3 Å². The zero-order valence-corrected chi connectivity index (χ0v) is 13.1. The van der Waals surface area contributed by atoms with Crippen molar-refractivity contribution in [3.05, 3.63) is 29.8 Å². The molecule has 3 nitrogen and oxygen atoms in total. The molecule has 0 saturated carbocycles. The van der Waals surface area contributed by atoms with E-state index in [2.05, 4.69) is 19.1 Å². The van der Waals surface area contributed by atoms with Crippen LogP contribution in [0.4, 0.5) is 0 Å². The van der Waals surface area contributed by atoms with Crippen LogP contribution in [0.15, 0.2) is 29.2 Å². The van der Waals surface area contributed by atoms with E-state index in [0.29, 0.717) is 19.8 Å². The van der Waals surface area contributed by atoms with Gasteiger partial charge in [0.1, 0.15) is 0 Å². The first-order chi connectivity index (χ1) is 9.22. The molecule has 1 rings (SSSR count). The number of ether oxygens (including phenoxy) is 3. The summed E-state index contributed by atoms with van der Waals surface area (Å²) in [6, 6.07) is 8.18. The van der Waals surface area contributed by atoms with Gasteiger partial charge in [0.05, 0.1) is 0 Å². The number of rotatable bonds is 9. The lowest BCUT2D eigenvalue weighted by atomic mass is 10.2. The molecular weight excluding hydrogens is 260 g/mol. The molecular formula is C15H24O3S. The van der Waals surface area contributed by atoms with E-state index >= 15 is 0 Å². The molecule has 4 heteroatoms. The second kappa shape index (κ2) is 8.59. The van der Waals surface area contributed by atoms with E-state index in [1.165, 1.54) is 4.90 Å². The Balaban J connectivity index is 3.00. The molecule has 0 aromatic heterocycles. The van der Waals surface area contributed by atoms with E-state index in [1.807, 2.05) is 44.7 Å². The molecule has 0 bridgehead atoms. The van der Waals surface area contributed by atoms with Crippen molar-refractivity contribution in [1.82, 2.24) is 0 Å².